The molecule has 0 aliphatic carbocycles. The minimum atomic E-state index is -0.481. The fraction of sp³-hybridized carbons (Fsp3) is 0.300. The number of benzene rings is 1. The van der Waals surface area contributed by atoms with Crippen molar-refractivity contribution >= 4 is 50.5 Å². The second-order valence-electron chi connectivity index (χ2n) is 7.32. The van der Waals surface area contributed by atoms with Gasteiger partial charge < -0.3 is 10.1 Å². The van der Waals surface area contributed by atoms with Gasteiger partial charge >= 0.3 is 5.69 Å². The Hall–Kier alpha value is -2.95. The first-order valence-electron chi connectivity index (χ1n) is 9.78. The number of hydrogen-bond acceptors (Lipinski definition) is 6. The standard InChI is InChI=1S/C20H18ClN5O4S/c21-12-3-5-13(6-4-12)22-16(27)11-25-20(29)26-15-7-9-31-17(15)18(28)24(19(26)23-25)10-14-2-1-8-30-14/h3-7,9,14H,1-2,8,10-11H2,(H,22,27)/t14-/m0/s1. The number of amides is 1. The van der Waals surface area contributed by atoms with E-state index in [0.717, 1.165) is 17.5 Å². The van der Waals surface area contributed by atoms with Crippen LogP contribution in [0.25, 0.3) is 16.0 Å². The number of rotatable bonds is 5. The van der Waals surface area contributed by atoms with Crippen LogP contribution >= 0.6 is 22.9 Å². The lowest BCUT2D eigenvalue weighted by Gasteiger charge is -2.12. The summed E-state index contributed by atoms with van der Waals surface area (Å²) in [5.74, 6) is -0.210. The minimum absolute atomic E-state index is 0.104. The third-order valence-electron chi connectivity index (χ3n) is 5.22. The zero-order valence-electron chi connectivity index (χ0n) is 16.3. The van der Waals surface area contributed by atoms with Crippen LogP contribution in [0.15, 0.2) is 45.3 Å². The maximum atomic E-state index is 13.1. The molecule has 1 atom stereocenters. The lowest BCUT2D eigenvalue weighted by molar-refractivity contribution is -0.117. The number of halogens is 1. The second kappa shape index (κ2) is 7.95. The highest BCUT2D eigenvalue weighted by molar-refractivity contribution is 7.17. The van der Waals surface area contributed by atoms with E-state index in [2.05, 4.69) is 10.4 Å². The van der Waals surface area contributed by atoms with Crippen LogP contribution in [0.1, 0.15) is 12.8 Å². The van der Waals surface area contributed by atoms with E-state index in [-0.39, 0.29) is 24.0 Å². The van der Waals surface area contributed by atoms with Crippen LogP contribution in [0.4, 0.5) is 5.69 Å². The van der Waals surface area contributed by atoms with Crippen molar-refractivity contribution in [2.24, 2.45) is 0 Å². The minimum Gasteiger partial charge on any atom is -0.376 e. The Morgan fingerprint density at radius 2 is 2.06 bits per heavy atom. The van der Waals surface area contributed by atoms with Gasteiger partial charge in [0.15, 0.2) is 0 Å². The van der Waals surface area contributed by atoms with Crippen LogP contribution in [-0.4, -0.2) is 37.4 Å². The molecule has 1 saturated heterocycles. The number of anilines is 1. The molecule has 4 aromatic rings. The second-order valence-corrected chi connectivity index (χ2v) is 8.67. The highest BCUT2D eigenvalue weighted by Gasteiger charge is 2.23. The zero-order chi connectivity index (χ0) is 21.5. The topological polar surface area (TPSA) is 99.6 Å². The van der Waals surface area contributed by atoms with Gasteiger partial charge in [0.25, 0.3) is 5.56 Å². The van der Waals surface area contributed by atoms with Gasteiger partial charge in [0.2, 0.25) is 11.7 Å². The molecule has 0 saturated carbocycles. The summed E-state index contributed by atoms with van der Waals surface area (Å²) in [6.45, 7) is 0.676. The third-order valence-corrected chi connectivity index (χ3v) is 6.36. The van der Waals surface area contributed by atoms with Gasteiger partial charge in [0.1, 0.15) is 11.2 Å². The third kappa shape index (κ3) is 3.67. The Labute approximate surface area is 184 Å². The van der Waals surface area contributed by atoms with E-state index in [1.807, 2.05) is 0 Å². The van der Waals surface area contributed by atoms with Crippen molar-refractivity contribution in [3.05, 3.63) is 61.6 Å². The van der Waals surface area contributed by atoms with Crippen LogP contribution in [-0.2, 0) is 22.6 Å². The molecule has 160 valence electrons. The van der Waals surface area contributed by atoms with Gasteiger partial charge in [-0.05, 0) is 48.6 Å². The fourth-order valence-corrected chi connectivity index (χ4v) is 4.71. The molecule has 1 aliphatic rings. The van der Waals surface area contributed by atoms with Gasteiger partial charge in [-0.15, -0.1) is 16.4 Å². The van der Waals surface area contributed by atoms with Crippen molar-refractivity contribution in [1.82, 2.24) is 18.7 Å². The number of ether oxygens (including phenoxy) is 1. The molecule has 1 N–H and O–H groups in total. The van der Waals surface area contributed by atoms with E-state index >= 15 is 0 Å². The molecule has 9 nitrogen and oxygen atoms in total. The van der Waals surface area contributed by atoms with Gasteiger partial charge in [0.05, 0.1) is 18.2 Å². The lowest BCUT2D eigenvalue weighted by atomic mass is 10.2. The first-order valence-corrected chi connectivity index (χ1v) is 11.0. The van der Waals surface area contributed by atoms with Crippen molar-refractivity contribution in [1.29, 1.82) is 0 Å². The molecule has 1 aliphatic heterocycles. The van der Waals surface area contributed by atoms with E-state index < -0.39 is 11.6 Å². The van der Waals surface area contributed by atoms with Gasteiger partial charge in [0, 0.05) is 17.3 Å². The van der Waals surface area contributed by atoms with Crippen LogP contribution in [0.3, 0.4) is 0 Å². The van der Waals surface area contributed by atoms with Gasteiger partial charge in [-0.25, -0.2) is 13.9 Å². The predicted molar refractivity (Wildman–Crippen MR) is 118 cm³/mol. The first kappa shape index (κ1) is 20.0. The predicted octanol–water partition coefficient (Wildman–Crippen LogP) is 2.34. The van der Waals surface area contributed by atoms with Crippen LogP contribution in [0.2, 0.25) is 5.02 Å². The first-order chi connectivity index (χ1) is 15.0. The number of carbonyl (C=O) groups excluding carboxylic acids is 1. The number of thiophene rings is 1. The molecule has 11 heteroatoms. The van der Waals surface area contributed by atoms with Gasteiger partial charge in [-0.1, -0.05) is 11.6 Å². The molecular formula is C20H18ClN5O4S. The highest BCUT2D eigenvalue weighted by atomic mass is 35.5. The number of aromatic nitrogens is 4. The van der Waals surface area contributed by atoms with Crippen molar-refractivity contribution in [2.75, 3.05) is 11.9 Å². The molecule has 4 heterocycles. The molecule has 1 fully saturated rings. The molecule has 1 amide bonds. The van der Waals surface area contributed by atoms with Crippen LogP contribution < -0.4 is 16.6 Å². The smallest absolute Gasteiger partial charge is 0.352 e. The molecule has 3 aromatic heterocycles. The number of nitrogens with one attached hydrogen (secondary N) is 1. The monoisotopic (exact) mass is 459 g/mol. The van der Waals surface area contributed by atoms with Gasteiger partial charge in [-0.3, -0.25) is 14.2 Å². The molecule has 5 rings (SSSR count). The van der Waals surface area contributed by atoms with Crippen molar-refractivity contribution < 1.29 is 9.53 Å². The summed E-state index contributed by atoms with van der Waals surface area (Å²) in [6.07, 6.45) is 1.67. The maximum Gasteiger partial charge on any atom is 0.352 e. The summed E-state index contributed by atoms with van der Waals surface area (Å²) in [7, 11) is 0. The zero-order valence-corrected chi connectivity index (χ0v) is 17.9. The van der Waals surface area contributed by atoms with E-state index in [0.29, 0.717) is 34.1 Å². The van der Waals surface area contributed by atoms with Crippen LogP contribution in [0.5, 0.6) is 0 Å². The summed E-state index contributed by atoms with van der Waals surface area (Å²) in [5.41, 5.74) is 0.353. The Morgan fingerprint density at radius 1 is 1.26 bits per heavy atom. The molecule has 0 bridgehead atoms. The molecule has 1 aromatic carbocycles. The molecule has 31 heavy (non-hydrogen) atoms. The van der Waals surface area contributed by atoms with E-state index in [4.69, 9.17) is 16.3 Å². The van der Waals surface area contributed by atoms with Crippen LogP contribution in [0, 0.1) is 0 Å². The molecule has 0 radical (unpaired) electrons. The average molecular weight is 460 g/mol. The fourth-order valence-electron chi connectivity index (χ4n) is 3.76. The summed E-state index contributed by atoms with van der Waals surface area (Å²) in [4.78, 5) is 38.7. The summed E-state index contributed by atoms with van der Waals surface area (Å²) < 4.78 is 10.1. The largest absolute Gasteiger partial charge is 0.376 e. The molecule has 0 spiro atoms. The summed E-state index contributed by atoms with van der Waals surface area (Å²) in [6, 6.07) is 8.37. The van der Waals surface area contributed by atoms with Crippen molar-refractivity contribution in [2.45, 2.75) is 32.0 Å². The Kier molecular flexibility index (Phi) is 5.12. The van der Waals surface area contributed by atoms with Crippen molar-refractivity contribution in [3.8, 4) is 0 Å². The number of carbonyl (C=O) groups is 1. The quantitative estimate of drug-likeness (QED) is 0.494. The SMILES string of the molecule is O=C(Cn1nc2n(C[C@@H]3CCCO3)c(=O)c3sccc3n2c1=O)Nc1ccc(Cl)cc1. The van der Waals surface area contributed by atoms with Crippen molar-refractivity contribution in [3.63, 3.8) is 0 Å². The normalized spacial score (nSPS) is 16.4. The Bertz CT molecular complexity index is 1400. The number of fused-ring (bicyclic) bond motifs is 3. The van der Waals surface area contributed by atoms with E-state index in [9.17, 15) is 14.4 Å². The molecule has 0 unspecified atom stereocenters. The lowest BCUT2D eigenvalue weighted by Crippen LogP contribution is -2.30. The Balaban J connectivity index is 1.54. The summed E-state index contributed by atoms with van der Waals surface area (Å²) >= 11 is 7.14. The summed E-state index contributed by atoms with van der Waals surface area (Å²) in [5, 5.41) is 9.37. The Morgan fingerprint density at radius 3 is 2.81 bits per heavy atom. The highest BCUT2D eigenvalue weighted by Crippen LogP contribution is 2.19. The van der Waals surface area contributed by atoms with E-state index in [1.54, 1.807) is 35.7 Å². The average Bonchev–Trinajstić information content (AvgIpc) is 3.48. The maximum absolute atomic E-state index is 13.1. The van der Waals surface area contributed by atoms with E-state index in [1.165, 1.54) is 20.3 Å². The number of nitrogens with zero attached hydrogens (tertiary/aromatic N) is 4. The van der Waals surface area contributed by atoms with Gasteiger partial charge in [-0.2, -0.15) is 0 Å². The number of hydrogen-bond donors (Lipinski definition) is 1. The molecular weight excluding hydrogens is 442 g/mol.